The number of carbonyl (C=O) groups is 1. The Morgan fingerprint density at radius 3 is 2.80 bits per heavy atom. The van der Waals surface area contributed by atoms with Crippen molar-refractivity contribution in [1.82, 2.24) is 0 Å². The van der Waals surface area contributed by atoms with Gasteiger partial charge < -0.3 is 9.64 Å². The number of nitro benzene ring substituents is 1. The molecule has 1 atom stereocenters. The topological polar surface area (TPSA) is 72.7 Å². The van der Waals surface area contributed by atoms with Crippen molar-refractivity contribution in [2.75, 3.05) is 12.0 Å². The Kier molecular flexibility index (Phi) is 4.50. The minimum Gasteiger partial charge on any atom is -0.380 e. The molecule has 2 aromatic carbocycles. The van der Waals surface area contributed by atoms with E-state index in [9.17, 15) is 19.3 Å². The van der Waals surface area contributed by atoms with E-state index < -0.39 is 10.7 Å². The fourth-order valence-corrected chi connectivity index (χ4v) is 3.15. The predicted octanol–water partition coefficient (Wildman–Crippen LogP) is 3.47. The quantitative estimate of drug-likeness (QED) is 0.629. The van der Waals surface area contributed by atoms with Crippen LogP contribution >= 0.6 is 0 Å². The number of nitro groups is 1. The van der Waals surface area contributed by atoms with Gasteiger partial charge >= 0.3 is 0 Å². The molecular weight excluding hydrogens is 327 g/mol. The third-order valence-corrected chi connectivity index (χ3v) is 4.30. The van der Waals surface area contributed by atoms with Gasteiger partial charge in [0.05, 0.1) is 11.5 Å². The monoisotopic (exact) mass is 344 g/mol. The molecule has 6 nitrogen and oxygen atoms in total. The highest BCUT2D eigenvalue weighted by molar-refractivity contribution is 6.08. The number of methoxy groups -OCH3 is 1. The third-order valence-electron chi connectivity index (χ3n) is 4.30. The number of amides is 1. The number of nitrogens with zero attached hydrogens (tertiary/aromatic N) is 2. The van der Waals surface area contributed by atoms with Gasteiger partial charge in [-0.1, -0.05) is 0 Å². The van der Waals surface area contributed by atoms with Gasteiger partial charge in [-0.2, -0.15) is 0 Å². The van der Waals surface area contributed by atoms with Crippen LogP contribution in [0.5, 0.6) is 0 Å². The number of hydrogen-bond donors (Lipinski definition) is 0. The van der Waals surface area contributed by atoms with Crippen molar-refractivity contribution in [3.05, 3.63) is 69.0 Å². The van der Waals surface area contributed by atoms with Crippen LogP contribution in [-0.2, 0) is 17.8 Å². The van der Waals surface area contributed by atoms with Crippen LogP contribution in [0.15, 0.2) is 36.4 Å². The van der Waals surface area contributed by atoms with E-state index in [1.165, 1.54) is 37.4 Å². The Morgan fingerprint density at radius 1 is 1.36 bits per heavy atom. The van der Waals surface area contributed by atoms with Crippen molar-refractivity contribution in [2.45, 2.75) is 26.0 Å². The molecule has 0 saturated carbocycles. The van der Waals surface area contributed by atoms with E-state index in [-0.39, 0.29) is 24.2 Å². The van der Waals surface area contributed by atoms with Gasteiger partial charge in [-0.3, -0.25) is 14.9 Å². The van der Waals surface area contributed by atoms with Gasteiger partial charge in [0.25, 0.3) is 11.6 Å². The van der Waals surface area contributed by atoms with Crippen LogP contribution in [0, 0.1) is 15.9 Å². The molecule has 1 aliphatic rings. The van der Waals surface area contributed by atoms with Crippen LogP contribution in [0.4, 0.5) is 15.8 Å². The van der Waals surface area contributed by atoms with Crippen molar-refractivity contribution in [3.8, 4) is 0 Å². The average molecular weight is 344 g/mol. The normalized spacial score (nSPS) is 16.0. The second-order valence-corrected chi connectivity index (χ2v) is 6.04. The van der Waals surface area contributed by atoms with E-state index in [4.69, 9.17) is 4.74 Å². The fourth-order valence-electron chi connectivity index (χ4n) is 3.15. The van der Waals surface area contributed by atoms with E-state index in [1.54, 1.807) is 11.0 Å². The summed E-state index contributed by atoms with van der Waals surface area (Å²) < 4.78 is 18.7. The van der Waals surface area contributed by atoms with E-state index in [0.717, 1.165) is 5.56 Å². The highest BCUT2D eigenvalue weighted by atomic mass is 19.1. The zero-order valence-electron chi connectivity index (χ0n) is 13.9. The molecular formula is C18H17FN2O4. The molecule has 0 saturated heterocycles. The van der Waals surface area contributed by atoms with Crippen molar-refractivity contribution < 1.29 is 18.8 Å². The summed E-state index contributed by atoms with van der Waals surface area (Å²) >= 11 is 0. The Hall–Kier alpha value is -2.80. The lowest BCUT2D eigenvalue weighted by molar-refractivity contribution is -0.384. The lowest BCUT2D eigenvalue weighted by Gasteiger charge is -2.23. The number of non-ortho nitro benzene ring substituents is 1. The summed E-state index contributed by atoms with van der Waals surface area (Å²) in [5, 5.41) is 10.9. The molecule has 0 radical (unpaired) electrons. The lowest BCUT2D eigenvalue weighted by Crippen LogP contribution is -2.35. The van der Waals surface area contributed by atoms with E-state index in [2.05, 4.69) is 0 Å². The largest absolute Gasteiger partial charge is 0.380 e. The number of anilines is 1. The number of fused-ring (bicyclic) bond motifs is 1. The van der Waals surface area contributed by atoms with E-state index >= 15 is 0 Å². The molecule has 0 bridgehead atoms. The summed E-state index contributed by atoms with van der Waals surface area (Å²) in [5.41, 5.74) is 2.08. The first kappa shape index (κ1) is 17.0. The molecule has 0 N–H and O–H groups in total. The number of halogens is 1. The zero-order valence-corrected chi connectivity index (χ0v) is 13.9. The second kappa shape index (κ2) is 6.60. The minimum atomic E-state index is -0.452. The Labute approximate surface area is 144 Å². The molecule has 2 aromatic rings. The van der Waals surface area contributed by atoms with Crippen LogP contribution in [0.1, 0.15) is 28.4 Å². The maximum atomic E-state index is 13.8. The predicted molar refractivity (Wildman–Crippen MR) is 90.2 cm³/mol. The smallest absolute Gasteiger partial charge is 0.269 e. The van der Waals surface area contributed by atoms with Crippen LogP contribution < -0.4 is 4.90 Å². The van der Waals surface area contributed by atoms with Gasteiger partial charge in [0, 0.05) is 42.1 Å². The fraction of sp³-hybridized carbons (Fsp3) is 0.278. The molecule has 0 aromatic heterocycles. The SMILES string of the molecule is COCc1cc(C(=O)N2c3ccc([N+](=O)[O-])cc3CC2C)ccc1F. The first-order valence-electron chi connectivity index (χ1n) is 7.80. The molecule has 1 aliphatic heterocycles. The summed E-state index contributed by atoms with van der Waals surface area (Å²) in [6.07, 6.45) is 0.537. The number of rotatable bonds is 4. The van der Waals surface area contributed by atoms with E-state index in [1.807, 2.05) is 6.92 Å². The maximum absolute atomic E-state index is 13.8. The van der Waals surface area contributed by atoms with Gasteiger partial charge in [0.15, 0.2) is 0 Å². The van der Waals surface area contributed by atoms with Gasteiger partial charge in [0.2, 0.25) is 0 Å². The first-order valence-corrected chi connectivity index (χ1v) is 7.80. The zero-order chi connectivity index (χ0) is 18.1. The standard InChI is InChI=1S/C18H17FN2O4/c1-11-7-13-9-15(21(23)24)4-6-17(13)20(11)18(22)12-3-5-16(19)14(8-12)10-25-2/h3-6,8-9,11H,7,10H2,1-2H3. The second-order valence-electron chi connectivity index (χ2n) is 6.04. The Bertz CT molecular complexity index is 853. The Balaban J connectivity index is 1.96. The van der Waals surface area contributed by atoms with Crippen molar-refractivity contribution in [1.29, 1.82) is 0 Å². The molecule has 1 heterocycles. The van der Waals surface area contributed by atoms with Gasteiger partial charge in [0.1, 0.15) is 5.82 Å². The third kappa shape index (κ3) is 3.10. The highest BCUT2D eigenvalue weighted by Crippen LogP contribution is 2.35. The number of carbonyl (C=O) groups excluding carboxylic acids is 1. The molecule has 3 rings (SSSR count). The Morgan fingerprint density at radius 2 is 2.12 bits per heavy atom. The summed E-state index contributed by atoms with van der Waals surface area (Å²) in [6.45, 7) is 1.95. The van der Waals surface area contributed by atoms with Gasteiger partial charge in [-0.25, -0.2) is 4.39 Å². The van der Waals surface area contributed by atoms with E-state index in [0.29, 0.717) is 23.2 Å². The summed E-state index contributed by atoms with van der Waals surface area (Å²) in [5.74, 6) is -0.693. The molecule has 1 amide bonds. The average Bonchev–Trinajstić information content (AvgIpc) is 2.91. The molecule has 0 aliphatic carbocycles. The van der Waals surface area contributed by atoms with Crippen LogP contribution in [0.3, 0.4) is 0 Å². The minimum absolute atomic E-state index is 0.00409. The number of ether oxygens (including phenoxy) is 1. The molecule has 0 fully saturated rings. The number of hydrogen-bond acceptors (Lipinski definition) is 4. The van der Waals surface area contributed by atoms with Crippen LogP contribution in [-0.4, -0.2) is 24.0 Å². The van der Waals surface area contributed by atoms with Crippen LogP contribution in [0.2, 0.25) is 0 Å². The first-order chi connectivity index (χ1) is 11.9. The van der Waals surface area contributed by atoms with Crippen LogP contribution in [0.25, 0.3) is 0 Å². The molecule has 1 unspecified atom stereocenters. The van der Waals surface area contributed by atoms with Crippen molar-refractivity contribution >= 4 is 17.3 Å². The molecule has 7 heteroatoms. The van der Waals surface area contributed by atoms with Crippen molar-refractivity contribution in [2.24, 2.45) is 0 Å². The van der Waals surface area contributed by atoms with Crippen molar-refractivity contribution in [3.63, 3.8) is 0 Å². The van der Waals surface area contributed by atoms with Gasteiger partial charge in [-0.15, -0.1) is 0 Å². The maximum Gasteiger partial charge on any atom is 0.269 e. The lowest BCUT2D eigenvalue weighted by atomic mass is 10.1. The number of benzene rings is 2. The molecule has 0 spiro atoms. The molecule has 25 heavy (non-hydrogen) atoms. The van der Waals surface area contributed by atoms with Gasteiger partial charge in [-0.05, 0) is 43.2 Å². The highest BCUT2D eigenvalue weighted by Gasteiger charge is 2.32. The molecule has 130 valence electrons. The summed E-state index contributed by atoms with van der Waals surface area (Å²) in [4.78, 5) is 25.0. The summed E-state index contributed by atoms with van der Waals surface area (Å²) in [7, 11) is 1.46. The summed E-state index contributed by atoms with van der Waals surface area (Å²) in [6, 6.07) is 8.51.